The van der Waals surface area contributed by atoms with Gasteiger partial charge in [0.05, 0.1) is 31.4 Å². The second kappa shape index (κ2) is 10.2. The van der Waals surface area contributed by atoms with Crippen LogP contribution in [0.4, 0.5) is 5.88 Å². The molecule has 0 aliphatic rings. The van der Waals surface area contributed by atoms with E-state index in [1.807, 2.05) is 73.9 Å². The third-order valence-electron chi connectivity index (χ3n) is 5.16. The number of amides is 1. The van der Waals surface area contributed by atoms with Crippen LogP contribution in [-0.4, -0.2) is 45.8 Å². The predicted molar refractivity (Wildman–Crippen MR) is 134 cm³/mol. The Morgan fingerprint density at radius 3 is 2.43 bits per heavy atom. The molecule has 0 spiro atoms. The van der Waals surface area contributed by atoms with Crippen LogP contribution in [0, 0.1) is 0 Å². The molecule has 35 heavy (non-hydrogen) atoms. The summed E-state index contributed by atoms with van der Waals surface area (Å²) < 4.78 is 18.0. The summed E-state index contributed by atoms with van der Waals surface area (Å²) in [5, 5.41) is 16.1. The van der Waals surface area contributed by atoms with E-state index in [0.29, 0.717) is 28.4 Å². The Morgan fingerprint density at radius 1 is 1.03 bits per heavy atom. The first kappa shape index (κ1) is 24.3. The second-order valence-electron chi connectivity index (χ2n) is 8.71. The Bertz CT molecular complexity index is 1310. The maximum Gasteiger partial charge on any atom is 0.237 e. The van der Waals surface area contributed by atoms with Crippen LogP contribution >= 0.6 is 11.8 Å². The topological polar surface area (TPSA) is 104 Å². The van der Waals surface area contributed by atoms with E-state index >= 15 is 0 Å². The number of methoxy groups -OCH3 is 2. The molecule has 9 nitrogen and oxygen atoms in total. The fraction of sp³-hybridized carbons (Fsp3) is 0.280. The number of benzene rings is 2. The molecule has 4 aromatic rings. The molecule has 0 unspecified atom stereocenters. The molecule has 10 heteroatoms. The molecule has 1 amide bonds. The summed E-state index contributed by atoms with van der Waals surface area (Å²) in [4.78, 5) is 12.6. The van der Waals surface area contributed by atoms with E-state index in [9.17, 15) is 4.79 Å². The van der Waals surface area contributed by atoms with E-state index in [1.165, 1.54) is 11.8 Å². The molecule has 182 valence electrons. The lowest BCUT2D eigenvalue weighted by Crippen LogP contribution is -2.14. The molecule has 2 heterocycles. The lowest BCUT2D eigenvalue weighted by molar-refractivity contribution is -0.113. The minimum absolute atomic E-state index is 0.103. The van der Waals surface area contributed by atoms with E-state index in [1.54, 1.807) is 20.3 Å². The lowest BCUT2D eigenvalue weighted by Gasteiger charge is -2.13. The summed E-state index contributed by atoms with van der Waals surface area (Å²) in [6, 6.07) is 17.0. The first-order valence-electron chi connectivity index (χ1n) is 10.9. The van der Waals surface area contributed by atoms with Gasteiger partial charge in [-0.2, -0.15) is 0 Å². The minimum atomic E-state index is -0.241. The summed E-state index contributed by atoms with van der Waals surface area (Å²) in [7, 11) is 3.17. The van der Waals surface area contributed by atoms with Crippen molar-refractivity contribution in [1.29, 1.82) is 0 Å². The average molecular weight is 494 g/mol. The molecule has 1 N–H and O–H groups in total. The van der Waals surface area contributed by atoms with Crippen molar-refractivity contribution in [1.82, 2.24) is 19.9 Å². The zero-order chi connectivity index (χ0) is 25.0. The predicted octanol–water partition coefficient (Wildman–Crippen LogP) is 4.97. The number of nitrogens with zero attached hydrogens (tertiary/aromatic N) is 4. The maximum absolute atomic E-state index is 12.6. The van der Waals surface area contributed by atoms with Gasteiger partial charge in [0.15, 0.2) is 22.5 Å². The van der Waals surface area contributed by atoms with Gasteiger partial charge in [0, 0.05) is 23.1 Å². The standard InChI is InChI=1S/C25H27N5O4S/c1-25(2,3)20-14-22(34-29-20)26-21(31)15-35-24-28-27-23(16-9-7-6-8-10-16)30(24)17-11-12-18(32-4)19(13-17)33-5/h6-14H,15H2,1-5H3,(H,26,31). The Balaban J connectivity index is 1.60. The van der Waals surface area contributed by atoms with E-state index in [2.05, 4.69) is 20.7 Å². The first-order chi connectivity index (χ1) is 16.8. The van der Waals surface area contributed by atoms with Crippen LogP contribution in [-0.2, 0) is 10.2 Å². The molecule has 0 saturated carbocycles. The van der Waals surface area contributed by atoms with Gasteiger partial charge < -0.3 is 14.0 Å². The lowest BCUT2D eigenvalue weighted by atomic mass is 9.92. The van der Waals surface area contributed by atoms with Crippen molar-refractivity contribution in [2.24, 2.45) is 0 Å². The van der Waals surface area contributed by atoms with Gasteiger partial charge in [0.25, 0.3) is 0 Å². The third kappa shape index (κ3) is 5.48. The number of anilines is 1. The molecule has 0 radical (unpaired) electrons. The van der Waals surface area contributed by atoms with Crippen LogP contribution in [0.3, 0.4) is 0 Å². The molecule has 2 aromatic heterocycles. The van der Waals surface area contributed by atoms with E-state index in [4.69, 9.17) is 14.0 Å². The summed E-state index contributed by atoms with van der Waals surface area (Å²) in [6.45, 7) is 6.08. The van der Waals surface area contributed by atoms with Crippen molar-refractivity contribution in [2.75, 3.05) is 25.3 Å². The number of hydrogen-bond acceptors (Lipinski definition) is 8. The van der Waals surface area contributed by atoms with Gasteiger partial charge in [0.1, 0.15) is 0 Å². The summed E-state index contributed by atoms with van der Waals surface area (Å²) in [5.41, 5.74) is 2.26. The van der Waals surface area contributed by atoms with Crippen LogP contribution in [0.1, 0.15) is 26.5 Å². The molecule has 2 aromatic carbocycles. The summed E-state index contributed by atoms with van der Waals surface area (Å²) in [6.07, 6.45) is 0. The fourth-order valence-corrected chi connectivity index (χ4v) is 4.08. The molecule has 0 aliphatic carbocycles. The van der Waals surface area contributed by atoms with Crippen LogP contribution in [0.15, 0.2) is 64.3 Å². The van der Waals surface area contributed by atoms with Gasteiger partial charge in [-0.05, 0) is 12.1 Å². The van der Waals surface area contributed by atoms with Crippen molar-refractivity contribution >= 4 is 23.6 Å². The summed E-state index contributed by atoms with van der Waals surface area (Å²) >= 11 is 1.26. The molecule has 0 fully saturated rings. The first-order valence-corrected chi connectivity index (χ1v) is 11.9. The van der Waals surface area contributed by atoms with Gasteiger partial charge in [-0.25, -0.2) is 0 Å². The zero-order valence-corrected chi connectivity index (χ0v) is 21.0. The second-order valence-corrected chi connectivity index (χ2v) is 9.65. The Morgan fingerprint density at radius 2 is 1.77 bits per heavy atom. The largest absolute Gasteiger partial charge is 0.493 e. The smallest absolute Gasteiger partial charge is 0.237 e. The molecule has 0 saturated heterocycles. The highest BCUT2D eigenvalue weighted by atomic mass is 32.2. The van der Waals surface area contributed by atoms with Crippen molar-refractivity contribution in [3.05, 3.63) is 60.3 Å². The number of nitrogens with one attached hydrogen (secondary N) is 1. The highest BCUT2D eigenvalue weighted by Crippen LogP contribution is 2.34. The van der Waals surface area contributed by atoms with Crippen LogP contribution in [0.2, 0.25) is 0 Å². The Labute approximate surface area is 207 Å². The number of rotatable bonds is 8. The number of aromatic nitrogens is 4. The third-order valence-corrected chi connectivity index (χ3v) is 6.09. The number of thioether (sulfide) groups is 1. The van der Waals surface area contributed by atoms with Crippen LogP contribution < -0.4 is 14.8 Å². The van der Waals surface area contributed by atoms with Gasteiger partial charge >= 0.3 is 0 Å². The van der Waals surface area contributed by atoms with Crippen molar-refractivity contribution in [3.8, 4) is 28.6 Å². The van der Waals surface area contributed by atoms with Crippen molar-refractivity contribution in [3.63, 3.8) is 0 Å². The van der Waals surface area contributed by atoms with Gasteiger partial charge in [0.2, 0.25) is 11.8 Å². The molecular formula is C25H27N5O4S. The van der Waals surface area contributed by atoms with Gasteiger partial charge in [-0.1, -0.05) is 68.0 Å². The molecule has 0 bridgehead atoms. The van der Waals surface area contributed by atoms with E-state index in [0.717, 1.165) is 16.9 Å². The zero-order valence-electron chi connectivity index (χ0n) is 20.2. The van der Waals surface area contributed by atoms with E-state index in [-0.39, 0.29) is 17.1 Å². The van der Waals surface area contributed by atoms with Crippen LogP contribution in [0.25, 0.3) is 17.1 Å². The SMILES string of the molecule is COc1ccc(-n2c(SCC(=O)Nc3cc(C(C)(C)C)no3)nnc2-c2ccccc2)cc1OC. The van der Waals surface area contributed by atoms with Crippen molar-refractivity contribution in [2.45, 2.75) is 31.3 Å². The molecule has 0 atom stereocenters. The molecular weight excluding hydrogens is 466 g/mol. The summed E-state index contributed by atoms with van der Waals surface area (Å²) in [5.74, 6) is 2.01. The Hall–Kier alpha value is -3.79. The highest BCUT2D eigenvalue weighted by molar-refractivity contribution is 7.99. The van der Waals surface area contributed by atoms with Gasteiger partial charge in [-0.3, -0.25) is 14.7 Å². The molecule has 0 aliphatic heterocycles. The number of hydrogen-bond donors (Lipinski definition) is 1. The van der Waals surface area contributed by atoms with E-state index < -0.39 is 0 Å². The fourth-order valence-electron chi connectivity index (χ4n) is 3.33. The Kier molecular flexibility index (Phi) is 7.11. The maximum atomic E-state index is 12.6. The van der Waals surface area contributed by atoms with Gasteiger partial charge in [-0.15, -0.1) is 10.2 Å². The van der Waals surface area contributed by atoms with Crippen LogP contribution in [0.5, 0.6) is 11.5 Å². The quantitative estimate of drug-likeness (QED) is 0.343. The average Bonchev–Trinajstić information content (AvgIpc) is 3.50. The molecule has 4 rings (SSSR count). The normalized spacial score (nSPS) is 11.3. The van der Waals surface area contributed by atoms with Crippen molar-refractivity contribution < 1.29 is 18.8 Å². The number of ether oxygens (including phenoxy) is 2. The highest BCUT2D eigenvalue weighted by Gasteiger charge is 2.21. The number of carbonyl (C=O) groups excluding carboxylic acids is 1. The monoisotopic (exact) mass is 493 g/mol. The number of carbonyl (C=O) groups is 1. The minimum Gasteiger partial charge on any atom is -0.493 e.